The lowest BCUT2D eigenvalue weighted by Crippen LogP contribution is -2.14. The molecule has 0 amide bonds. The molecular weight excluding hydrogens is 206 g/mol. The summed E-state index contributed by atoms with van der Waals surface area (Å²) in [6.07, 6.45) is 1.03. The van der Waals surface area contributed by atoms with Crippen LogP contribution in [0.4, 0.5) is 5.88 Å². The van der Waals surface area contributed by atoms with Gasteiger partial charge in [-0.15, -0.1) is 0 Å². The van der Waals surface area contributed by atoms with Crippen molar-refractivity contribution in [1.82, 2.24) is 0 Å². The number of carbonyl (C=O) groups is 1. The highest BCUT2D eigenvalue weighted by molar-refractivity contribution is 5.77. The van der Waals surface area contributed by atoms with E-state index in [1.807, 2.05) is 0 Å². The van der Waals surface area contributed by atoms with E-state index in [2.05, 4.69) is 14.4 Å². The fraction of sp³-hybridized carbons (Fsp3) is 0.143. The summed E-state index contributed by atoms with van der Waals surface area (Å²) in [7, 11) is 0. The maximum Gasteiger partial charge on any atom is 0.433 e. The molecule has 0 saturated carbocycles. The average molecular weight is 213 g/mol. The van der Waals surface area contributed by atoms with Crippen molar-refractivity contribution in [3.63, 3.8) is 0 Å². The first-order valence-corrected chi connectivity index (χ1v) is 3.81. The fourth-order valence-electron chi connectivity index (χ4n) is 0.684. The average Bonchev–Trinajstić information content (AvgIpc) is 2.66. The van der Waals surface area contributed by atoms with Gasteiger partial charge in [0.2, 0.25) is 0 Å². The van der Waals surface area contributed by atoms with Crippen molar-refractivity contribution in [2.45, 2.75) is 0 Å². The summed E-state index contributed by atoms with van der Waals surface area (Å²) in [4.78, 5) is 24.3. The highest BCUT2D eigenvalue weighted by Crippen LogP contribution is 2.13. The molecule has 15 heavy (non-hydrogen) atoms. The fourth-order valence-corrected chi connectivity index (χ4v) is 0.684. The van der Waals surface area contributed by atoms with E-state index in [-0.39, 0.29) is 12.3 Å². The number of oxime groups is 1. The molecule has 0 fully saturated rings. The number of nitrogens with two attached hydrogens (primary N) is 1. The van der Waals surface area contributed by atoms with Crippen molar-refractivity contribution in [2.75, 3.05) is 6.54 Å². The lowest BCUT2D eigenvalue weighted by atomic mass is 10.5. The molecule has 1 aromatic heterocycles. The van der Waals surface area contributed by atoms with Crippen LogP contribution in [0, 0.1) is 10.1 Å². The minimum Gasteiger partial charge on any atom is -0.400 e. The third-order valence-corrected chi connectivity index (χ3v) is 1.29. The van der Waals surface area contributed by atoms with Crippen LogP contribution < -0.4 is 5.73 Å². The first kappa shape index (κ1) is 10.9. The molecule has 0 aliphatic heterocycles. The second kappa shape index (κ2) is 4.86. The van der Waals surface area contributed by atoms with Gasteiger partial charge in [0.25, 0.3) is 0 Å². The summed E-state index contributed by atoms with van der Waals surface area (Å²) in [5.74, 6) is -1.03. The van der Waals surface area contributed by atoms with Gasteiger partial charge in [-0.1, -0.05) is 5.16 Å². The Morgan fingerprint density at radius 2 is 2.47 bits per heavy atom. The molecule has 0 aliphatic carbocycles. The van der Waals surface area contributed by atoms with Crippen molar-refractivity contribution in [3.8, 4) is 0 Å². The Bertz CT molecular complexity index is 397. The maximum atomic E-state index is 10.5. The Kier molecular flexibility index (Phi) is 3.52. The molecule has 1 heterocycles. The van der Waals surface area contributed by atoms with Crippen molar-refractivity contribution in [1.29, 1.82) is 0 Å². The number of furan rings is 1. The van der Waals surface area contributed by atoms with Crippen LogP contribution in [0.25, 0.3) is 0 Å². The maximum absolute atomic E-state index is 10.5. The largest absolute Gasteiger partial charge is 0.433 e. The Balaban J connectivity index is 2.57. The van der Waals surface area contributed by atoms with E-state index >= 15 is 0 Å². The predicted octanol–water partition coefficient (Wildman–Crippen LogP) is 0.0236. The molecule has 8 nitrogen and oxygen atoms in total. The monoisotopic (exact) mass is 213 g/mol. The molecule has 8 heteroatoms. The van der Waals surface area contributed by atoms with Gasteiger partial charge in [0.15, 0.2) is 5.76 Å². The normalized spacial score (nSPS) is 10.5. The van der Waals surface area contributed by atoms with E-state index in [1.54, 1.807) is 0 Å². The lowest BCUT2D eigenvalue weighted by molar-refractivity contribution is -0.402. The molecule has 2 N–H and O–H groups in total. The van der Waals surface area contributed by atoms with Gasteiger partial charge >= 0.3 is 11.9 Å². The van der Waals surface area contributed by atoms with E-state index in [9.17, 15) is 14.9 Å². The van der Waals surface area contributed by atoms with E-state index in [1.165, 1.54) is 6.07 Å². The number of nitro groups is 1. The number of hydrogen-bond donors (Lipinski definition) is 1. The Morgan fingerprint density at radius 3 is 3.00 bits per heavy atom. The number of nitrogens with zero attached hydrogens (tertiary/aromatic N) is 2. The van der Waals surface area contributed by atoms with Crippen LogP contribution in [-0.4, -0.2) is 23.7 Å². The molecular formula is C7H7N3O5. The Morgan fingerprint density at radius 1 is 1.73 bits per heavy atom. The third kappa shape index (κ3) is 3.19. The van der Waals surface area contributed by atoms with Crippen LogP contribution in [0.2, 0.25) is 0 Å². The van der Waals surface area contributed by atoms with Gasteiger partial charge in [-0.2, -0.15) is 0 Å². The van der Waals surface area contributed by atoms with Crippen LogP contribution in [0.1, 0.15) is 5.76 Å². The number of carbonyl (C=O) groups excluding carboxylic acids is 1. The van der Waals surface area contributed by atoms with Gasteiger partial charge < -0.3 is 15.0 Å². The standard InChI is InChI=1S/C7H7N3O5/c8-3-7(11)15-9-4-5-1-2-6(14-5)10(12)13/h1-2,4H,3,8H2. The van der Waals surface area contributed by atoms with E-state index < -0.39 is 16.8 Å². The summed E-state index contributed by atoms with van der Waals surface area (Å²) in [5, 5.41) is 13.4. The highest BCUT2D eigenvalue weighted by Gasteiger charge is 2.10. The SMILES string of the molecule is NCC(=O)ON=Cc1ccc([N+](=O)[O-])o1. The van der Waals surface area contributed by atoms with Crippen LogP contribution in [0.5, 0.6) is 0 Å². The molecule has 0 unspecified atom stereocenters. The molecule has 1 rings (SSSR count). The number of hydrogen-bond acceptors (Lipinski definition) is 7. The third-order valence-electron chi connectivity index (χ3n) is 1.29. The molecule has 0 saturated heterocycles. The molecule has 0 aromatic carbocycles. The predicted molar refractivity (Wildman–Crippen MR) is 48.1 cm³/mol. The second-order valence-electron chi connectivity index (χ2n) is 2.34. The van der Waals surface area contributed by atoms with Gasteiger partial charge in [0.1, 0.15) is 11.1 Å². The van der Waals surface area contributed by atoms with Crippen LogP contribution in [0.15, 0.2) is 21.7 Å². The summed E-state index contributed by atoms with van der Waals surface area (Å²) < 4.78 is 4.69. The van der Waals surface area contributed by atoms with E-state index in [0.717, 1.165) is 12.3 Å². The molecule has 1 aromatic rings. The van der Waals surface area contributed by atoms with E-state index in [4.69, 9.17) is 5.73 Å². The van der Waals surface area contributed by atoms with Gasteiger partial charge in [-0.05, 0) is 6.07 Å². The quantitative estimate of drug-likeness (QED) is 0.325. The summed E-state index contributed by atoms with van der Waals surface area (Å²) in [6.45, 7) is -0.296. The molecule has 0 bridgehead atoms. The minimum absolute atomic E-state index is 0.103. The van der Waals surface area contributed by atoms with Gasteiger partial charge in [-0.25, -0.2) is 4.79 Å². The molecule has 0 spiro atoms. The van der Waals surface area contributed by atoms with Crippen LogP contribution in [0.3, 0.4) is 0 Å². The van der Waals surface area contributed by atoms with Gasteiger partial charge in [0, 0.05) is 0 Å². The molecule has 0 radical (unpaired) electrons. The number of rotatable bonds is 4. The summed E-state index contributed by atoms with van der Waals surface area (Å²) in [5.41, 5.74) is 4.93. The zero-order chi connectivity index (χ0) is 11.3. The Labute approximate surface area is 83.4 Å². The summed E-state index contributed by atoms with van der Waals surface area (Å²) in [6, 6.07) is 2.48. The zero-order valence-corrected chi connectivity index (χ0v) is 7.45. The zero-order valence-electron chi connectivity index (χ0n) is 7.45. The second-order valence-corrected chi connectivity index (χ2v) is 2.34. The molecule has 0 atom stereocenters. The highest BCUT2D eigenvalue weighted by atomic mass is 16.7. The van der Waals surface area contributed by atoms with E-state index in [0.29, 0.717) is 0 Å². The van der Waals surface area contributed by atoms with Crippen molar-refractivity contribution in [2.24, 2.45) is 10.9 Å². The van der Waals surface area contributed by atoms with Gasteiger partial charge in [0.05, 0.1) is 12.6 Å². The van der Waals surface area contributed by atoms with Gasteiger partial charge in [-0.3, -0.25) is 10.1 Å². The van der Waals surface area contributed by atoms with Crippen molar-refractivity contribution < 1.29 is 19.0 Å². The first-order chi connectivity index (χ1) is 7.13. The summed E-state index contributed by atoms with van der Waals surface area (Å²) >= 11 is 0. The minimum atomic E-state index is -0.715. The molecule has 80 valence electrons. The topological polar surface area (TPSA) is 121 Å². The van der Waals surface area contributed by atoms with Crippen molar-refractivity contribution >= 4 is 18.1 Å². The smallest absolute Gasteiger partial charge is 0.400 e. The van der Waals surface area contributed by atoms with Crippen LogP contribution >= 0.6 is 0 Å². The lowest BCUT2D eigenvalue weighted by Gasteiger charge is -1.89. The first-order valence-electron chi connectivity index (χ1n) is 3.81. The van der Waals surface area contributed by atoms with Crippen molar-refractivity contribution in [3.05, 3.63) is 28.0 Å². The Hall–Kier alpha value is -2.22. The molecule has 0 aliphatic rings. The van der Waals surface area contributed by atoms with Crippen LogP contribution in [-0.2, 0) is 9.63 Å².